The van der Waals surface area contributed by atoms with Crippen molar-refractivity contribution in [2.24, 2.45) is 0 Å². The molecule has 0 fully saturated rings. The van der Waals surface area contributed by atoms with Gasteiger partial charge in [-0.15, -0.1) is 0 Å². The second-order valence-corrected chi connectivity index (χ2v) is 4.24. The third-order valence-electron chi connectivity index (χ3n) is 2.77. The van der Waals surface area contributed by atoms with Crippen molar-refractivity contribution in [3.63, 3.8) is 0 Å². The molecule has 0 saturated carbocycles. The number of benzene rings is 1. The molecule has 1 aromatic heterocycles. The lowest BCUT2D eigenvalue weighted by Crippen LogP contribution is -2.14. The number of nitrogens with zero attached hydrogens (tertiary/aromatic N) is 2. The molecular formula is C13H16N2O. The molecule has 0 atom stereocenters. The quantitative estimate of drug-likeness (QED) is 0.728. The molecule has 0 aliphatic carbocycles. The minimum atomic E-state index is 0.863. The van der Waals surface area contributed by atoms with Gasteiger partial charge in [0.15, 0.2) is 0 Å². The number of aromatic nitrogens is 1. The maximum Gasteiger partial charge on any atom is 0.218 e. The van der Waals surface area contributed by atoms with Crippen molar-refractivity contribution >= 4 is 17.3 Å². The van der Waals surface area contributed by atoms with E-state index in [-0.39, 0.29) is 0 Å². The van der Waals surface area contributed by atoms with Gasteiger partial charge < -0.3 is 4.90 Å². The lowest BCUT2D eigenvalue weighted by Gasteiger charge is -2.07. The van der Waals surface area contributed by atoms with Gasteiger partial charge in [-0.25, -0.2) is 0 Å². The summed E-state index contributed by atoms with van der Waals surface area (Å²) in [5.41, 5.74) is 2.22. The van der Waals surface area contributed by atoms with Crippen molar-refractivity contribution in [2.45, 2.75) is 6.42 Å². The first kappa shape index (κ1) is 10.9. The molecule has 0 unspecified atom stereocenters. The maximum atomic E-state index is 10.9. The molecule has 0 radical (unpaired) electrons. The van der Waals surface area contributed by atoms with Gasteiger partial charge in [0.05, 0.1) is 5.52 Å². The van der Waals surface area contributed by atoms with Crippen LogP contribution < -0.4 is 0 Å². The van der Waals surface area contributed by atoms with E-state index in [1.54, 1.807) is 4.57 Å². The molecule has 16 heavy (non-hydrogen) atoms. The zero-order chi connectivity index (χ0) is 11.5. The van der Waals surface area contributed by atoms with Crippen molar-refractivity contribution in [3.05, 3.63) is 36.0 Å². The average Bonchev–Trinajstić information content (AvgIpc) is 2.65. The predicted molar refractivity (Wildman–Crippen MR) is 66.3 cm³/mol. The summed E-state index contributed by atoms with van der Waals surface area (Å²) in [6.07, 6.45) is 3.76. The number of rotatable bonds is 4. The molecule has 0 bridgehead atoms. The van der Waals surface area contributed by atoms with Crippen LogP contribution in [0.2, 0.25) is 0 Å². The van der Waals surface area contributed by atoms with E-state index in [1.165, 1.54) is 10.9 Å². The topological polar surface area (TPSA) is 25.2 Å². The van der Waals surface area contributed by atoms with Crippen LogP contribution in [0.1, 0.15) is 5.56 Å². The summed E-state index contributed by atoms with van der Waals surface area (Å²) >= 11 is 0. The molecule has 1 heterocycles. The van der Waals surface area contributed by atoms with Crippen molar-refractivity contribution in [3.8, 4) is 0 Å². The van der Waals surface area contributed by atoms with Gasteiger partial charge in [-0.3, -0.25) is 9.36 Å². The van der Waals surface area contributed by atoms with Gasteiger partial charge in [-0.2, -0.15) is 0 Å². The summed E-state index contributed by atoms with van der Waals surface area (Å²) in [6.45, 7) is 0.993. The van der Waals surface area contributed by atoms with E-state index in [0.29, 0.717) is 0 Å². The first-order valence-electron chi connectivity index (χ1n) is 5.41. The Bertz CT molecular complexity index is 500. The van der Waals surface area contributed by atoms with Gasteiger partial charge in [0.1, 0.15) is 0 Å². The molecule has 0 saturated heterocycles. The monoisotopic (exact) mass is 216 g/mol. The molecule has 2 aromatic rings. The predicted octanol–water partition coefficient (Wildman–Crippen LogP) is 1.78. The molecule has 1 aromatic carbocycles. The summed E-state index contributed by atoms with van der Waals surface area (Å²) in [5, 5.41) is 1.18. The van der Waals surface area contributed by atoms with E-state index in [1.807, 2.05) is 24.4 Å². The lowest BCUT2D eigenvalue weighted by atomic mass is 10.1. The van der Waals surface area contributed by atoms with E-state index >= 15 is 0 Å². The van der Waals surface area contributed by atoms with Gasteiger partial charge >= 0.3 is 0 Å². The molecule has 2 rings (SSSR count). The minimum Gasteiger partial charge on any atom is -0.309 e. The number of carbonyl (C=O) groups excluding carboxylic acids is 1. The maximum absolute atomic E-state index is 10.9. The SMILES string of the molecule is CN(C)CCc1cn(C=O)c2ccccc12. The normalized spacial score (nSPS) is 11.2. The number of fused-ring (bicyclic) bond motifs is 1. The van der Waals surface area contributed by atoms with Gasteiger partial charge in [0.25, 0.3) is 0 Å². The summed E-state index contributed by atoms with van der Waals surface area (Å²) in [6, 6.07) is 8.01. The zero-order valence-electron chi connectivity index (χ0n) is 9.68. The van der Waals surface area contributed by atoms with Crippen molar-refractivity contribution in [1.82, 2.24) is 9.47 Å². The van der Waals surface area contributed by atoms with E-state index in [9.17, 15) is 4.79 Å². The molecule has 0 amide bonds. The summed E-state index contributed by atoms with van der Waals surface area (Å²) in [4.78, 5) is 13.1. The second-order valence-electron chi connectivity index (χ2n) is 4.24. The van der Waals surface area contributed by atoms with Crippen LogP contribution >= 0.6 is 0 Å². The molecule has 3 nitrogen and oxygen atoms in total. The highest BCUT2D eigenvalue weighted by molar-refractivity contribution is 5.88. The van der Waals surface area contributed by atoms with Crippen LogP contribution in [0.15, 0.2) is 30.5 Å². The van der Waals surface area contributed by atoms with Crippen LogP contribution in [0, 0.1) is 0 Å². The Labute approximate surface area is 95.3 Å². The van der Waals surface area contributed by atoms with Crippen LogP contribution in [0.4, 0.5) is 0 Å². The third-order valence-corrected chi connectivity index (χ3v) is 2.77. The van der Waals surface area contributed by atoms with E-state index in [2.05, 4.69) is 25.1 Å². The Hall–Kier alpha value is -1.61. The Morgan fingerprint density at radius 2 is 2.06 bits per heavy atom. The van der Waals surface area contributed by atoms with Gasteiger partial charge in [0.2, 0.25) is 6.41 Å². The molecular weight excluding hydrogens is 200 g/mol. The first-order chi connectivity index (χ1) is 7.72. The van der Waals surface area contributed by atoms with Crippen LogP contribution in [0.25, 0.3) is 10.9 Å². The van der Waals surface area contributed by atoms with Crippen molar-refractivity contribution in [1.29, 1.82) is 0 Å². The van der Waals surface area contributed by atoms with Crippen LogP contribution in [0.3, 0.4) is 0 Å². The molecule has 0 spiro atoms. The van der Waals surface area contributed by atoms with Gasteiger partial charge in [0, 0.05) is 18.1 Å². The fourth-order valence-electron chi connectivity index (χ4n) is 1.91. The Morgan fingerprint density at radius 3 is 2.75 bits per heavy atom. The molecule has 0 aliphatic rings. The van der Waals surface area contributed by atoms with Crippen molar-refractivity contribution < 1.29 is 4.79 Å². The summed E-state index contributed by atoms with van der Waals surface area (Å²) in [5.74, 6) is 0. The van der Waals surface area contributed by atoms with E-state index < -0.39 is 0 Å². The minimum absolute atomic E-state index is 0.863. The molecule has 0 N–H and O–H groups in total. The fraction of sp³-hybridized carbons (Fsp3) is 0.308. The average molecular weight is 216 g/mol. The number of hydrogen-bond acceptors (Lipinski definition) is 2. The third kappa shape index (κ3) is 1.99. The largest absolute Gasteiger partial charge is 0.309 e. The standard InChI is InChI=1S/C13H16N2O/c1-14(2)8-7-11-9-15(10-16)13-6-4-3-5-12(11)13/h3-6,9-10H,7-8H2,1-2H3. The Kier molecular flexibility index (Phi) is 3.06. The highest BCUT2D eigenvalue weighted by Gasteiger charge is 2.07. The van der Waals surface area contributed by atoms with Crippen LogP contribution in [0.5, 0.6) is 0 Å². The highest BCUT2D eigenvalue weighted by Crippen LogP contribution is 2.20. The number of hydrogen-bond donors (Lipinski definition) is 0. The van der Waals surface area contributed by atoms with Crippen molar-refractivity contribution in [2.75, 3.05) is 20.6 Å². The zero-order valence-corrected chi connectivity index (χ0v) is 9.68. The summed E-state index contributed by atoms with van der Waals surface area (Å²) < 4.78 is 1.65. The highest BCUT2D eigenvalue weighted by atomic mass is 16.1. The molecule has 0 aliphatic heterocycles. The number of likely N-dealkylation sites (N-methyl/N-ethyl adjacent to an activating group) is 1. The first-order valence-corrected chi connectivity index (χ1v) is 5.41. The van der Waals surface area contributed by atoms with E-state index in [0.717, 1.165) is 24.9 Å². The fourth-order valence-corrected chi connectivity index (χ4v) is 1.91. The molecule has 84 valence electrons. The van der Waals surface area contributed by atoms with Crippen LogP contribution in [-0.2, 0) is 11.2 Å². The lowest BCUT2D eigenvalue weighted by molar-refractivity contribution is 0.414. The van der Waals surface area contributed by atoms with Gasteiger partial charge in [-0.05, 0) is 32.1 Å². The smallest absolute Gasteiger partial charge is 0.218 e. The number of para-hydroxylation sites is 1. The van der Waals surface area contributed by atoms with Gasteiger partial charge in [-0.1, -0.05) is 18.2 Å². The van der Waals surface area contributed by atoms with E-state index in [4.69, 9.17) is 0 Å². The Balaban J connectivity index is 2.41. The number of carbonyl (C=O) groups is 1. The van der Waals surface area contributed by atoms with Crippen LogP contribution in [-0.4, -0.2) is 36.5 Å². The summed E-state index contributed by atoms with van der Waals surface area (Å²) in [7, 11) is 4.11. The Morgan fingerprint density at radius 1 is 1.31 bits per heavy atom. The molecule has 3 heteroatoms. The second kappa shape index (κ2) is 4.49.